The summed E-state index contributed by atoms with van der Waals surface area (Å²) >= 11 is 1.89. The minimum Gasteiger partial charge on any atom is -0.410 e. The third-order valence-electron chi connectivity index (χ3n) is 6.52. The number of morpholine rings is 1. The first-order valence-electron chi connectivity index (χ1n) is 11.9. The third kappa shape index (κ3) is 5.41. The van der Waals surface area contributed by atoms with Crippen LogP contribution in [0.1, 0.15) is 31.4 Å². The molecule has 1 N–H and O–H groups in total. The number of rotatable bonds is 6. The predicted octanol–water partition coefficient (Wildman–Crippen LogP) is 5.12. The molecular weight excluding hydrogens is 462 g/mol. The second-order valence-corrected chi connectivity index (χ2v) is 9.89. The molecule has 2 fully saturated rings. The largest absolute Gasteiger partial charge is 0.418 e. The number of para-hydroxylation sites is 1. The summed E-state index contributed by atoms with van der Waals surface area (Å²) in [6, 6.07) is 14.7. The van der Waals surface area contributed by atoms with E-state index < -0.39 is 6.09 Å². The van der Waals surface area contributed by atoms with Crippen LogP contribution in [0, 0.1) is 0 Å². The van der Waals surface area contributed by atoms with Crippen LogP contribution in [0.3, 0.4) is 0 Å². The van der Waals surface area contributed by atoms with E-state index in [2.05, 4.69) is 27.5 Å². The van der Waals surface area contributed by atoms with Crippen LogP contribution in [-0.2, 0) is 9.48 Å². The van der Waals surface area contributed by atoms with Crippen molar-refractivity contribution < 1.29 is 14.3 Å². The quantitative estimate of drug-likeness (QED) is 0.508. The molecular formula is C26H29N5O3S. The van der Waals surface area contributed by atoms with Crippen LogP contribution in [0.25, 0.3) is 11.4 Å². The number of hydrogen-bond donors (Lipinski definition) is 1. The Bertz CT molecular complexity index is 1150. The normalized spacial score (nSPS) is 17.2. The van der Waals surface area contributed by atoms with E-state index in [0.29, 0.717) is 30.6 Å². The molecule has 2 aromatic heterocycles. The number of pyridine rings is 1. The van der Waals surface area contributed by atoms with Crippen molar-refractivity contribution in [3.05, 3.63) is 60.4 Å². The number of nitrogens with one attached hydrogen (secondary N) is 1. The first kappa shape index (κ1) is 23.6. The van der Waals surface area contributed by atoms with Gasteiger partial charge in [-0.3, -0.25) is 5.32 Å². The van der Waals surface area contributed by atoms with Gasteiger partial charge < -0.3 is 14.4 Å². The summed E-state index contributed by atoms with van der Waals surface area (Å²) in [5.74, 6) is 2.45. The Balaban J connectivity index is 1.40. The summed E-state index contributed by atoms with van der Waals surface area (Å²) in [6.07, 6.45) is 7.96. The number of nitrogens with zero attached hydrogens (tertiary/aromatic N) is 4. The fourth-order valence-corrected chi connectivity index (χ4v) is 5.60. The zero-order valence-electron chi connectivity index (χ0n) is 19.8. The monoisotopic (exact) mass is 491 g/mol. The van der Waals surface area contributed by atoms with Crippen LogP contribution < -0.4 is 15.0 Å². The third-order valence-corrected chi connectivity index (χ3v) is 7.92. The van der Waals surface area contributed by atoms with Gasteiger partial charge in [0.15, 0.2) is 5.82 Å². The Morgan fingerprint density at radius 1 is 1.09 bits per heavy atom. The molecule has 8 nitrogen and oxygen atoms in total. The zero-order valence-corrected chi connectivity index (χ0v) is 20.6. The topological polar surface area (TPSA) is 89.5 Å². The van der Waals surface area contributed by atoms with Gasteiger partial charge in [0.05, 0.1) is 23.7 Å². The van der Waals surface area contributed by atoms with Crippen molar-refractivity contribution in [1.82, 2.24) is 15.0 Å². The van der Waals surface area contributed by atoms with Crippen LogP contribution in [0.15, 0.2) is 54.7 Å². The number of hydrogen-bond acceptors (Lipinski definition) is 8. The molecule has 3 aromatic rings. The van der Waals surface area contributed by atoms with E-state index >= 15 is 0 Å². The second kappa shape index (κ2) is 10.6. The van der Waals surface area contributed by atoms with E-state index in [4.69, 9.17) is 19.4 Å². The lowest BCUT2D eigenvalue weighted by Gasteiger charge is -2.31. The van der Waals surface area contributed by atoms with Gasteiger partial charge >= 0.3 is 6.09 Å². The Labute approximate surface area is 209 Å². The number of ether oxygens (including phenoxy) is 2. The van der Waals surface area contributed by atoms with Crippen molar-refractivity contribution in [1.29, 1.82) is 0 Å². The molecule has 35 heavy (non-hydrogen) atoms. The van der Waals surface area contributed by atoms with Gasteiger partial charge in [0.25, 0.3) is 0 Å². The number of thioether (sulfide) groups is 1. The van der Waals surface area contributed by atoms with Crippen molar-refractivity contribution in [3.63, 3.8) is 0 Å². The molecule has 182 valence electrons. The lowest BCUT2D eigenvalue weighted by Crippen LogP contribution is -2.37. The number of anilines is 2. The van der Waals surface area contributed by atoms with E-state index in [1.165, 1.54) is 12.8 Å². The number of benzene rings is 1. The van der Waals surface area contributed by atoms with E-state index in [1.54, 1.807) is 24.4 Å². The van der Waals surface area contributed by atoms with Gasteiger partial charge in [-0.05, 0) is 43.4 Å². The molecule has 9 heteroatoms. The van der Waals surface area contributed by atoms with Crippen molar-refractivity contribution in [2.45, 2.75) is 30.4 Å². The maximum absolute atomic E-state index is 12.2. The lowest BCUT2D eigenvalue weighted by atomic mass is 10.0. The van der Waals surface area contributed by atoms with Crippen LogP contribution in [0.2, 0.25) is 0 Å². The molecule has 0 spiro atoms. The molecule has 1 saturated heterocycles. The van der Waals surface area contributed by atoms with E-state index in [9.17, 15) is 4.79 Å². The molecule has 1 saturated carbocycles. The SMILES string of the molecule is CSC1(c2cc(N3CCOCC3)nc(-c3ccc(NC(=O)Oc4ccccc4)nc3)n2)CCCC1. The summed E-state index contributed by atoms with van der Waals surface area (Å²) in [5, 5.41) is 2.66. The molecule has 0 unspecified atom stereocenters. The van der Waals surface area contributed by atoms with Crippen LogP contribution >= 0.6 is 11.8 Å². The first-order chi connectivity index (χ1) is 17.1. The highest BCUT2D eigenvalue weighted by Crippen LogP contribution is 2.48. The average molecular weight is 492 g/mol. The summed E-state index contributed by atoms with van der Waals surface area (Å²) in [4.78, 5) is 28.8. The van der Waals surface area contributed by atoms with E-state index in [1.807, 2.05) is 36.0 Å². The molecule has 0 atom stereocenters. The van der Waals surface area contributed by atoms with Gasteiger partial charge in [-0.2, -0.15) is 11.8 Å². The van der Waals surface area contributed by atoms with Crippen LogP contribution in [-0.4, -0.2) is 53.6 Å². The summed E-state index contributed by atoms with van der Waals surface area (Å²) in [5.41, 5.74) is 1.89. The van der Waals surface area contributed by atoms with Crippen LogP contribution in [0.5, 0.6) is 5.75 Å². The molecule has 3 heterocycles. The standard InChI is InChI=1S/C26H29N5O3S/c1-35-26(11-5-6-12-26)21-17-23(31-13-15-33-16-14-31)30-24(28-21)19-9-10-22(27-18-19)29-25(32)34-20-7-3-2-4-8-20/h2-4,7-10,17-18H,5-6,11-16H2,1H3,(H,27,29,32). The number of carbonyl (C=O) groups excluding carboxylic acids is 1. The van der Waals surface area contributed by atoms with Gasteiger partial charge in [-0.1, -0.05) is 31.0 Å². The van der Waals surface area contributed by atoms with Crippen molar-refractivity contribution >= 4 is 29.5 Å². The van der Waals surface area contributed by atoms with Gasteiger partial charge in [0.2, 0.25) is 0 Å². The second-order valence-electron chi connectivity index (χ2n) is 8.70. The minimum absolute atomic E-state index is 0.0227. The lowest BCUT2D eigenvalue weighted by molar-refractivity contribution is 0.122. The Morgan fingerprint density at radius 3 is 2.54 bits per heavy atom. The number of amides is 1. The Kier molecular flexibility index (Phi) is 7.15. The highest BCUT2D eigenvalue weighted by molar-refractivity contribution is 7.99. The summed E-state index contributed by atoms with van der Waals surface area (Å²) < 4.78 is 10.8. The van der Waals surface area contributed by atoms with E-state index in [-0.39, 0.29) is 4.75 Å². The molecule has 2 aliphatic rings. The predicted molar refractivity (Wildman–Crippen MR) is 138 cm³/mol. The maximum Gasteiger partial charge on any atom is 0.418 e. The van der Waals surface area contributed by atoms with E-state index in [0.717, 1.165) is 43.0 Å². The smallest absolute Gasteiger partial charge is 0.410 e. The maximum atomic E-state index is 12.2. The van der Waals surface area contributed by atoms with Gasteiger partial charge in [0.1, 0.15) is 17.4 Å². The van der Waals surface area contributed by atoms with Gasteiger partial charge in [0, 0.05) is 30.9 Å². The van der Waals surface area contributed by atoms with Crippen LogP contribution in [0.4, 0.5) is 16.4 Å². The molecule has 1 aliphatic heterocycles. The first-order valence-corrected chi connectivity index (χ1v) is 13.2. The number of aromatic nitrogens is 3. The Hall–Kier alpha value is -3.17. The fourth-order valence-electron chi connectivity index (χ4n) is 4.59. The molecule has 1 amide bonds. The average Bonchev–Trinajstić information content (AvgIpc) is 3.41. The highest BCUT2D eigenvalue weighted by Gasteiger charge is 2.37. The van der Waals surface area contributed by atoms with Gasteiger partial charge in [-0.25, -0.2) is 19.7 Å². The fraction of sp³-hybridized carbons (Fsp3) is 0.385. The molecule has 5 rings (SSSR count). The minimum atomic E-state index is -0.590. The summed E-state index contributed by atoms with van der Waals surface area (Å²) in [7, 11) is 0. The van der Waals surface area contributed by atoms with Gasteiger partial charge in [-0.15, -0.1) is 0 Å². The summed E-state index contributed by atoms with van der Waals surface area (Å²) in [6.45, 7) is 3.02. The van der Waals surface area contributed by atoms with Crippen molar-refractivity contribution in [2.24, 2.45) is 0 Å². The highest BCUT2D eigenvalue weighted by atomic mass is 32.2. The molecule has 0 bridgehead atoms. The molecule has 1 aromatic carbocycles. The van der Waals surface area contributed by atoms with Crippen molar-refractivity contribution in [3.8, 4) is 17.1 Å². The number of carbonyl (C=O) groups is 1. The van der Waals surface area contributed by atoms with Crippen molar-refractivity contribution in [2.75, 3.05) is 42.8 Å². The molecule has 0 radical (unpaired) electrons. The Morgan fingerprint density at radius 2 is 1.86 bits per heavy atom. The molecule has 1 aliphatic carbocycles. The zero-order chi connectivity index (χ0) is 24.1.